The first kappa shape index (κ1) is 49.9. The lowest BCUT2D eigenvalue weighted by Crippen LogP contribution is -2.59. The molecule has 0 aliphatic rings. The molecule has 0 unspecified atom stereocenters. The third-order valence-corrected chi connectivity index (χ3v) is 13.2. The molecule has 0 bridgehead atoms. The van der Waals surface area contributed by atoms with Gasteiger partial charge in [-0.05, 0) is 107 Å². The molecule has 1 N–H and O–H groups in total. The van der Waals surface area contributed by atoms with E-state index in [-0.39, 0.29) is 22.8 Å². The van der Waals surface area contributed by atoms with Gasteiger partial charge in [0.1, 0.15) is 18.2 Å². The van der Waals surface area contributed by atoms with Crippen molar-refractivity contribution in [1.29, 1.82) is 0 Å². The van der Waals surface area contributed by atoms with Crippen LogP contribution in [0.5, 0.6) is 0 Å². The maximum Gasteiger partial charge on any atom is 0.303 e. The molecule has 0 radical (unpaired) electrons. The molecule has 350 valence electrons. The summed E-state index contributed by atoms with van der Waals surface area (Å²) >= 11 is 3.02. The number of carbonyl (C=O) groups is 5. The molecule has 67 heavy (non-hydrogen) atoms. The molecular weight excluding hydrogens is 903 g/mol. The molecule has 0 spiro atoms. The van der Waals surface area contributed by atoms with Crippen LogP contribution in [-0.4, -0.2) is 66.0 Å². The summed E-state index contributed by atoms with van der Waals surface area (Å²) in [5, 5.41) is 13.9. The molecule has 0 aliphatic heterocycles. The minimum Gasteiger partial charge on any atom is -0.462 e. The quantitative estimate of drug-likeness (QED) is 0.0648. The van der Waals surface area contributed by atoms with Crippen LogP contribution in [0.25, 0.3) is 20.9 Å². The van der Waals surface area contributed by atoms with Crippen LogP contribution in [0.2, 0.25) is 0 Å². The summed E-state index contributed by atoms with van der Waals surface area (Å²) < 4.78 is 56.0. The molecule has 0 saturated heterocycles. The highest BCUT2D eigenvalue weighted by atomic mass is 32.1. The van der Waals surface area contributed by atoms with Crippen molar-refractivity contribution in [1.82, 2.24) is 0 Å². The van der Waals surface area contributed by atoms with Crippen molar-refractivity contribution in [3.63, 3.8) is 0 Å². The monoisotopic (exact) mass is 952 g/mol. The second-order valence-electron chi connectivity index (χ2n) is 16.1. The van der Waals surface area contributed by atoms with Gasteiger partial charge in [0.15, 0.2) is 30.0 Å². The topological polar surface area (TPSA) is 152 Å². The maximum absolute atomic E-state index is 13.9. The van der Waals surface area contributed by atoms with Gasteiger partial charge in [-0.1, -0.05) is 60.7 Å². The largest absolute Gasteiger partial charge is 0.462 e. The normalized spacial score (nSPS) is 13.2. The van der Waals surface area contributed by atoms with Gasteiger partial charge in [-0.2, -0.15) is 0 Å². The van der Waals surface area contributed by atoms with Gasteiger partial charge in [-0.3, -0.25) is 24.0 Å². The Morgan fingerprint density at radius 3 is 1.36 bits per heavy atom. The number of halogens is 2. The first-order valence-corrected chi connectivity index (χ1v) is 22.9. The van der Waals surface area contributed by atoms with E-state index in [1.807, 2.05) is 38.1 Å². The lowest BCUT2D eigenvalue weighted by Gasteiger charge is -2.43. The maximum atomic E-state index is 13.9. The fourth-order valence-corrected chi connectivity index (χ4v) is 9.84. The van der Waals surface area contributed by atoms with Gasteiger partial charge >= 0.3 is 29.8 Å². The number of thiophene rings is 2. The standard InChI is InChI=1S/C52H50F2O11S2/c1-29-8-14-40(24-38(29)26-44-20-22-47(66-44)36-10-16-42(53)17-11-36)52(60,41-15-9-30(2)39(25-41)27-45-21-23-48(67-45)37-12-18-43(54)19-13-37)51(65-35(7)59)50(64-34(6)58)49(63-33(5)57)46(62-32(4)56)28-61-31(3)55/h8-25,46,49-51,60H,26-28H2,1-7H3/t46-,49-,50+,51-/m1/s1. The summed E-state index contributed by atoms with van der Waals surface area (Å²) in [5.41, 5.74) is 2.81. The van der Waals surface area contributed by atoms with Gasteiger partial charge in [-0.15, -0.1) is 22.7 Å². The van der Waals surface area contributed by atoms with Crippen LogP contribution in [0, 0.1) is 25.5 Å². The Morgan fingerprint density at radius 1 is 0.537 bits per heavy atom. The predicted molar refractivity (Wildman–Crippen MR) is 249 cm³/mol. The van der Waals surface area contributed by atoms with Gasteiger partial charge in [0.05, 0.1) is 0 Å². The average Bonchev–Trinajstić information content (AvgIpc) is 3.94. The molecule has 15 heteroatoms. The summed E-state index contributed by atoms with van der Waals surface area (Å²) in [6, 6.07) is 30.6. The van der Waals surface area contributed by atoms with Crippen LogP contribution in [0.3, 0.4) is 0 Å². The van der Waals surface area contributed by atoms with Crippen LogP contribution in [0.15, 0.2) is 109 Å². The Balaban J connectivity index is 1.55. The summed E-state index contributed by atoms with van der Waals surface area (Å²) in [5.74, 6) is -5.17. The third kappa shape index (κ3) is 12.7. The van der Waals surface area contributed by atoms with Crippen LogP contribution >= 0.6 is 22.7 Å². The van der Waals surface area contributed by atoms with Crippen LogP contribution < -0.4 is 0 Å². The van der Waals surface area contributed by atoms with Crippen LogP contribution in [0.4, 0.5) is 8.78 Å². The van der Waals surface area contributed by atoms with E-state index in [2.05, 4.69) is 0 Å². The molecule has 11 nitrogen and oxygen atoms in total. The number of carbonyl (C=O) groups excluding carboxylic acids is 5. The molecule has 4 aromatic carbocycles. The van der Waals surface area contributed by atoms with E-state index in [9.17, 15) is 37.9 Å². The predicted octanol–water partition coefficient (Wildman–Crippen LogP) is 9.75. The van der Waals surface area contributed by atoms with Gasteiger partial charge in [0.25, 0.3) is 0 Å². The molecule has 6 aromatic rings. The minimum absolute atomic E-state index is 0.182. The van der Waals surface area contributed by atoms with Crippen molar-refractivity contribution < 1.29 is 61.5 Å². The second-order valence-corrected chi connectivity index (χ2v) is 18.4. The van der Waals surface area contributed by atoms with E-state index in [0.29, 0.717) is 12.8 Å². The van der Waals surface area contributed by atoms with Gasteiger partial charge in [0.2, 0.25) is 0 Å². The molecule has 0 aliphatic carbocycles. The van der Waals surface area contributed by atoms with Crippen molar-refractivity contribution in [2.45, 2.75) is 91.3 Å². The van der Waals surface area contributed by atoms with Crippen molar-refractivity contribution in [2.75, 3.05) is 6.61 Å². The number of aliphatic hydroxyl groups is 1. The lowest BCUT2D eigenvalue weighted by molar-refractivity contribution is -0.219. The Labute approximate surface area is 395 Å². The molecule has 0 fully saturated rings. The molecular formula is C52H50F2O11S2. The van der Waals surface area contributed by atoms with Crippen molar-refractivity contribution in [3.05, 3.63) is 164 Å². The van der Waals surface area contributed by atoms with E-state index in [1.165, 1.54) is 46.9 Å². The SMILES string of the molecule is CC(=O)OC[C@@H](OC(C)=O)[C@@H](OC(C)=O)[C@H](OC(C)=O)[C@@H](OC(C)=O)C(O)(c1ccc(C)c(Cc2ccc(-c3ccc(F)cc3)s2)c1)c1ccc(C)c(Cc2ccc(-c3ccc(F)cc3)s2)c1. The first-order valence-electron chi connectivity index (χ1n) is 21.2. The fourth-order valence-electron chi connectivity index (χ4n) is 7.77. The molecule has 2 aromatic heterocycles. The summed E-state index contributed by atoms with van der Waals surface area (Å²) in [7, 11) is 0. The Morgan fingerprint density at radius 2 is 0.955 bits per heavy atom. The summed E-state index contributed by atoms with van der Waals surface area (Å²) in [6.07, 6.45) is -6.57. The number of hydrogen-bond donors (Lipinski definition) is 1. The highest BCUT2D eigenvalue weighted by Crippen LogP contribution is 2.42. The molecule has 0 amide bonds. The zero-order chi connectivity index (χ0) is 48.6. The molecule has 2 heterocycles. The molecule has 0 saturated carbocycles. The van der Waals surface area contributed by atoms with Gasteiger partial charge < -0.3 is 28.8 Å². The number of esters is 5. The number of hydrogen-bond acceptors (Lipinski definition) is 13. The average molecular weight is 953 g/mol. The van der Waals surface area contributed by atoms with Gasteiger partial charge in [0, 0.05) is 67.0 Å². The minimum atomic E-state index is -2.44. The number of aryl methyl sites for hydroxylation is 2. The number of benzene rings is 4. The van der Waals surface area contributed by atoms with Gasteiger partial charge in [-0.25, -0.2) is 8.78 Å². The summed E-state index contributed by atoms with van der Waals surface area (Å²) in [4.78, 5) is 67.9. The fraction of sp³-hybridized carbons (Fsp3) is 0.288. The van der Waals surface area contributed by atoms with Crippen molar-refractivity contribution in [2.24, 2.45) is 0 Å². The number of ether oxygens (including phenoxy) is 5. The van der Waals surface area contributed by atoms with E-state index < -0.39 is 66.5 Å². The molecule has 6 rings (SSSR count). The van der Waals surface area contributed by atoms with Crippen molar-refractivity contribution in [3.8, 4) is 20.9 Å². The van der Waals surface area contributed by atoms with Crippen LogP contribution in [-0.2, 0) is 66.1 Å². The Bertz CT molecular complexity index is 2610. The highest BCUT2D eigenvalue weighted by molar-refractivity contribution is 7.15. The van der Waals surface area contributed by atoms with E-state index in [0.717, 1.165) is 87.5 Å². The summed E-state index contributed by atoms with van der Waals surface area (Å²) in [6.45, 7) is 8.51. The van der Waals surface area contributed by atoms with E-state index in [1.54, 1.807) is 60.7 Å². The van der Waals surface area contributed by atoms with Crippen molar-refractivity contribution >= 4 is 52.5 Å². The smallest absolute Gasteiger partial charge is 0.303 e. The first-order chi connectivity index (χ1) is 31.8. The van der Waals surface area contributed by atoms with E-state index >= 15 is 0 Å². The lowest BCUT2D eigenvalue weighted by atomic mass is 9.76. The number of rotatable bonds is 18. The Kier molecular flexibility index (Phi) is 16.3. The zero-order valence-corrected chi connectivity index (χ0v) is 39.6. The van der Waals surface area contributed by atoms with E-state index in [4.69, 9.17) is 23.7 Å². The van der Waals surface area contributed by atoms with Crippen LogP contribution in [0.1, 0.15) is 77.8 Å². The second kappa shape index (κ2) is 21.8. The Hall–Kier alpha value is -6.55. The highest BCUT2D eigenvalue weighted by Gasteiger charge is 2.54. The third-order valence-electron chi connectivity index (χ3n) is 11.0. The molecule has 4 atom stereocenters. The zero-order valence-electron chi connectivity index (χ0n) is 37.9.